The maximum absolute atomic E-state index is 9.67. The summed E-state index contributed by atoms with van der Waals surface area (Å²) in [5.41, 5.74) is 6.75. The normalized spacial score (nSPS) is 11.4. The summed E-state index contributed by atoms with van der Waals surface area (Å²) in [6.45, 7) is 23.1. The average molecular weight is 957 g/mol. The molecular weight excluding hydrogens is 899 g/mol. The van der Waals surface area contributed by atoms with Crippen molar-refractivity contribution >= 4 is 55.6 Å². The summed E-state index contributed by atoms with van der Waals surface area (Å²) in [4.78, 5) is 0. The van der Waals surface area contributed by atoms with Crippen molar-refractivity contribution in [3.8, 4) is 0 Å². The number of rotatable bonds is 0. The molecule has 4 aromatic rings. The minimum Gasteiger partial charge on any atom is -0.264 e. The van der Waals surface area contributed by atoms with Crippen LogP contribution >= 0.6 is 45.2 Å². The van der Waals surface area contributed by atoms with E-state index in [1.54, 1.807) is 0 Å². The summed E-state index contributed by atoms with van der Waals surface area (Å²) in [5, 5.41) is 0. The van der Waals surface area contributed by atoms with Gasteiger partial charge in [-0.25, -0.2) is 0 Å². The summed E-state index contributed by atoms with van der Waals surface area (Å²) in [6.07, 6.45) is 0. The van der Waals surface area contributed by atoms with Crippen molar-refractivity contribution in [2.75, 3.05) is 0 Å². The third kappa shape index (κ3) is 30.2. The molecule has 4 nitrogen and oxygen atoms in total. The first-order valence-corrected chi connectivity index (χ1v) is 19.7. The average Bonchev–Trinajstić information content (AvgIpc) is 2.97. The van der Waals surface area contributed by atoms with Crippen LogP contribution in [0, 0.1) is 7.14 Å². The van der Waals surface area contributed by atoms with E-state index in [-0.39, 0.29) is 10.8 Å². The lowest BCUT2D eigenvalue weighted by Gasteiger charge is -2.18. The molecule has 0 aliphatic rings. The van der Waals surface area contributed by atoms with Crippen molar-refractivity contribution in [3.05, 3.63) is 139 Å². The van der Waals surface area contributed by atoms with E-state index in [0.29, 0.717) is 10.8 Å². The Morgan fingerprint density at radius 1 is 0.431 bits per heavy atom. The van der Waals surface area contributed by atoms with Crippen molar-refractivity contribution in [2.45, 2.75) is 111 Å². The molecule has 286 valence electrons. The van der Waals surface area contributed by atoms with E-state index in [2.05, 4.69) is 237 Å². The molecule has 10 heteroatoms. The molecule has 0 heterocycles. The molecule has 0 saturated carbocycles. The molecule has 0 atom stereocenters. The Bertz CT molecular complexity index is 1460. The molecular formula is C41H57F3I2O4S. The SMILES string of the molecule is CC(C)(C)c1ccc(I)cc1.CC(C)(C)c1ccc(I)cc1.CC(C)(C)c1ccccc1.CC(C)(C)c1ccccc1.FC(F)F.O=S(=O)(O)O. The Morgan fingerprint density at radius 3 is 0.725 bits per heavy atom. The largest absolute Gasteiger partial charge is 0.394 e. The molecule has 0 saturated heterocycles. The fraction of sp³-hybridized carbons (Fsp3) is 0.415. The van der Waals surface area contributed by atoms with Crippen LogP contribution in [0.5, 0.6) is 0 Å². The van der Waals surface area contributed by atoms with E-state index >= 15 is 0 Å². The molecule has 4 rings (SSSR count). The van der Waals surface area contributed by atoms with E-state index in [1.807, 2.05) is 0 Å². The van der Waals surface area contributed by atoms with Crippen LogP contribution in [0.1, 0.15) is 105 Å². The van der Waals surface area contributed by atoms with Gasteiger partial charge in [-0.05, 0) is 113 Å². The van der Waals surface area contributed by atoms with E-state index in [1.165, 1.54) is 29.4 Å². The predicted octanol–water partition coefficient (Wildman–Crippen LogP) is 13.7. The zero-order valence-electron chi connectivity index (χ0n) is 32.0. The lowest BCUT2D eigenvalue weighted by Crippen LogP contribution is -2.10. The number of hydrogen-bond donors (Lipinski definition) is 2. The predicted molar refractivity (Wildman–Crippen MR) is 227 cm³/mol. The van der Waals surface area contributed by atoms with Gasteiger partial charge in [0.25, 0.3) is 0 Å². The van der Waals surface area contributed by atoms with E-state index in [9.17, 15) is 13.2 Å². The molecule has 0 aliphatic heterocycles. The third-order valence-corrected chi connectivity index (χ3v) is 8.14. The highest BCUT2D eigenvalue weighted by Gasteiger charge is 2.14. The minimum atomic E-state index is -4.67. The van der Waals surface area contributed by atoms with Crippen molar-refractivity contribution < 1.29 is 30.7 Å². The van der Waals surface area contributed by atoms with Gasteiger partial charge >= 0.3 is 17.1 Å². The van der Waals surface area contributed by atoms with Crippen molar-refractivity contribution in [3.63, 3.8) is 0 Å². The Balaban J connectivity index is 0. The Hall–Kier alpha value is -2.00. The quantitative estimate of drug-likeness (QED) is 0.136. The molecule has 0 bridgehead atoms. The standard InChI is InChI=1S/2C10H13I.2C10H14.CHF3.H2O4S/c2*1-10(2,3)8-4-6-9(11)7-5-8;2*1-10(2,3)9-7-5-4-6-8-9;2-1(3)4;1-5(2,3)4/h2*4-7H,1-3H3;2*4-8H,1-3H3;1H;(H2,1,2,3,4). The zero-order chi connectivity index (χ0) is 40.3. The van der Waals surface area contributed by atoms with Gasteiger partial charge in [-0.15, -0.1) is 0 Å². The molecule has 0 amide bonds. The number of hydrogen-bond acceptors (Lipinski definition) is 2. The number of halogens is 5. The number of alkyl halides is 3. The molecule has 4 aromatic carbocycles. The van der Waals surface area contributed by atoms with E-state index < -0.39 is 17.1 Å². The zero-order valence-corrected chi connectivity index (χ0v) is 37.1. The Kier molecular flexibility index (Phi) is 23.7. The van der Waals surface area contributed by atoms with Gasteiger partial charge in [-0.1, -0.05) is 168 Å². The highest BCUT2D eigenvalue weighted by atomic mass is 127. The van der Waals surface area contributed by atoms with E-state index in [0.717, 1.165) is 0 Å². The highest BCUT2D eigenvalue weighted by Crippen LogP contribution is 2.24. The van der Waals surface area contributed by atoms with Crippen LogP contribution in [0.15, 0.2) is 109 Å². The van der Waals surface area contributed by atoms with E-state index in [4.69, 9.17) is 17.5 Å². The molecule has 2 N–H and O–H groups in total. The smallest absolute Gasteiger partial charge is 0.264 e. The minimum absolute atomic E-state index is 0.282. The second kappa shape index (κ2) is 23.6. The molecule has 51 heavy (non-hydrogen) atoms. The first-order chi connectivity index (χ1) is 22.9. The second-order valence-corrected chi connectivity index (χ2v) is 18.8. The first kappa shape index (κ1) is 51.1. The topological polar surface area (TPSA) is 74.6 Å². The maximum atomic E-state index is 9.67. The van der Waals surface area contributed by atoms with Crippen LogP contribution in [0.4, 0.5) is 13.2 Å². The van der Waals surface area contributed by atoms with Gasteiger partial charge < -0.3 is 0 Å². The summed E-state index contributed by atoms with van der Waals surface area (Å²) in [5.74, 6) is 0. The van der Waals surface area contributed by atoms with Crippen LogP contribution in [-0.2, 0) is 32.1 Å². The lowest BCUT2D eigenvalue weighted by atomic mass is 9.87. The van der Waals surface area contributed by atoms with Gasteiger partial charge in [-0.2, -0.15) is 21.6 Å². The van der Waals surface area contributed by atoms with Crippen molar-refractivity contribution in [2.24, 2.45) is 0 Å². The summed E-state index contributed by atoms with van der Waals surface area (Å²) >= 11 is 4.65. The van der Waals surface area contributed by atoms with Crippen LogP contribution in [0.25, 0.3) is 0 Å². The lowest BCUT2D eigenvalue weighted by molar-refractivity contribution is 0.00818. The highest BCUT2D eigenvalue weighted by molar-refractivity contribution is 14.1. The first-order valence-electron chi connectivity index (χ1n) is 16.2. The summed E-state index contributed by atoms with van der Waals surface area (Å²) in [6, 6.07) is 38.5. The van der Waals surface area contributed by atoms with Crippen LogP contribution in [0.2, 0.25) is 0 Å². The maximum Gasteiger partial charge on any atom is 0.394 e. The van der Waals surface area contributed by atoms with Gasteiger partial charge in [0.15, 0.2) is 0 Å². The molecule has 0 aromatic heterocycles. The van der Waals surface area contributed by atoms with Gasteiger partial charge in [-0.3, -0.25) is 9.11 Å². The summed E-state index contributed by atoms with van der Waals surface area (Å²) in [7, 11) is -4.67. The molecule has 0 unspecified atom stereocenters. The van der Waals surface area contributed by atoms with Crippen LogP contribution < -0.4 is 0 Å². The Labute approximate surface area is 333 Å². The number of benzene rings is 4. The van der Waals surface area contributed by atoms with Gasteiger partial charge in [0.1, 0.15) is 0 Å². The second-order valence-electron chi connectivity index (χ2n) is 15.4. The fourth-order valence-electron chi connectivity index (χ4n) is 3.78. The Morgan fingerprint density at radius 2 is 0.588 bits per heavy atom. The molecule has 0 fully saturated rings. The van der Waals surface area contributed by atoms with Crippen molar-refractivity contribution in [1.82, 2.24) is 0 Å². The van der Waals surface area contributed by atoms with Crippen LogP contribution in [0.3, 0.4) is 0 Å². The summed E-state index contributed by atoms with van der Waals surface area (Å²) < 4.78 is 63.2. The molecule has 0 radical (unpaired) electrons. The van der Waals surface area contributed by atoms with Crippen molar-refractivity contribution in [1.29, 1.82) is 0 Å². The third-order valence-electron chi connectivity index (χ3n) is 6.70. The van der Waals surface area contributed by atoms with Gasteiger partial charge in [0.2, 0.25) is 0 Å². The molecule has 0 spiro atoms. The molecule has 0 aliphatic carbocycles. The monoisotopic (exact) mass is 956 g/mol. The van der Waals surface area contributed by atoms with Crippen LogP contribution in [-0.4, -0.2) is 24.2 Å². The van der Waals surface area contributed by atoms with Gasteiger partial charge in [0, 0.05) is 7.14 Å². The van der Waals surface area contributed by atoms with Gasteiger partial charge in [0.05, 0.1) is 0 Å². The fourth-order valence-corrected chi connectivity index (χ4v) is 4.50.